The second-order valence-electron chi connectivity index (χ2n) is 3.76. The van der Waals surface area contributed by atoms with Crippen LogP contribution < -0.4 is 5.32 Å². The van der Waals surface area contributed by atoms with Crippen LogP contribution in [0, 0.1) is 5.82 Å². The Hall–Kier alpha value is -1.91. The molecule has 1 heterocycles. The monoisotopic (exact) mass is 234 g/mol. The van der Waals surface area contributed by atoms with Gasteiger partial charge in [-0.2, -0.15) is 5.10 Å². The van der Waals surface area contributed by atoms with Gasteiger partial charge in [-0.25, -0.2) is 14.1 Å². The molecule has 0 spiro atoms. The first-order valence-corrected chi connectivity index (χ1v) is 5.65. The smallest absolute Gasteiger partial charge is 0.146 e. The van der Waals surface area contributed by atoms with Gasteiger partial charge in [0, 0.05) is 12.2 Å². The van der Waals surface area contributed by atoms with Crippen molar-refractivity contribution in [2.75, 3.05) is 5.32 Å². The summed E-state index contributed by atoms with van der Waals surface area (Å²) < 4.78 is 14.6. The molecule has 1 aromatic carbocycles. The number of hydrogen-bond donors (Lipinski definition) is 1. The Labute approximate surface area is 99.5 Å². The zero-order valence-corrected chi connectivity index (χ0v) is 9.73. The molecule has 1 aromatic heterocycles. The summed E-state index contributed by atoms with van der Waals surface area (Å²) in [7, 11) is 0. The number of benzene rings is 1. The van der Waals surface area contributed by atoms with Crippen molar-refractivity contribution in [1.82, 2.24) is 14.8 Å². The van der Waals surface area contributed by atoms with E-state index in [0.29, 0.717) is 6.54 Å². The summed E-state index contributed by atoms with van der Waals surface area (Å²) in [4.78, 5) is 4.18. The molecule has 1 N–H and O–H groups in total. The van der Waals surface area contributed by atoms with E-state index in [4.69, 9.17) is 0 Å². The van der Waals surface area contributed by atoms with Crippen molar-refractivity contribution in [2.45, 2.75) is 26.4 Å². The van der Waals surface area contributed by atoms with Gasteiger partial charge >= 0.3 is 0 Å². The normalized spacial score (nSPS) is 10.5. The molecule has 0 radical (unpaired) electrons. The number of anilines is 1. The molecule has 4 nitrogen and oxygen atoms in total. The molecule has 0 atom stereocenters. The second kappa shape index (κ2) is 5.43. The molecule has 2 aromatic rings. The Balaban J connectivity index is 1.97. The lowest BCUT2D eigenvalue weighted by Gasteiger charge is -2.07. The number of aromatic nitrogens is 3. The first-order valence-electron chi connectivity index (χ1n) is 5.65. The number of halogens is 1. The molecule has 0 fully saturated rings. The van der Waals surface area contributed by atoms with E-state index in [1.807, 2.05) is 4.68 Å². The molecule has 0 amide bonds. The van der Waals surface area contributed by atoms with Gasteiger partial charge in [0.25, 0.3) is 0 Å². The highest BCUT2D eigenvalue weighted by Crippen LogP contribution is 2.09. The molecule has 0 saturated heterocycles. The predicted octanol–water partition coefficient (Wildman–Crippen LogP) is 2.44. The van der Waals surface area contributed by atoms with Crippen molar-refractivity contribution in [3.63, 3.8) is 0 Å². The highest BCUT2D eigenvalue weighted by Gasteiger charge is 2.02. The van der Waals surface area contributed by atoms with Crippen molar-refractivity contribution < 1.29 is 4.39 Å². The molecular formula is C12H15FN4. The molecule has 0 aliphatic heterocycles. The lowest BCUT2D eigenvalue weighted by Crippen LogP contribution is -2.10. The van der Waals surface area contributed by atoms with Gasteiger partial charge in [-0.15, -0.1) is 0 Å². The van der Waals surface area contributed by atoms with Crippen LogP contribution in [0.3, 0.4) is 0 Å². The van der Waals surface area contributed by atoms with Gasteiger partial charge in [0.2, 0.25) is 0 Å². The first-order chi connectivity index (χ1) is 8.29. The van der Waals surface area contributed by atoms with Crippen molar-refractivity contribution in [3.8, 4) is 0 Å². The average Bonchev–Trinajstić information content (AvgIpc) is 2.77. The molecule has 0 unspecified atom stereocenters. The summed E-state index contributed by atoms with van der Waals surface area (Å²) in [6.07, 6.45) is 2.57. The van der Waals surface area contributed by atoms with E-state index in [2.05, 4.69) is 22.3 Å². The molecule has 17 heavy (non-hydrogen) atoms. The number of nitrogens with zero attached hydrogens (tertiary/aromatic N) is 3. The fraction of sp³-hybridized carbons (Fsp3) is 0.333. The van der Waals surface area contributed by atoms with Crippen LogP contribution in [0.4, 0.5) is 10.1 Å². The fourth-order valence-electron chi connectivity index (χ4n) is 1.57. The van der Waals surface area contributed by atoms with Crippen molar-refractivity contribution in [3.05, 3.63) is 42.2 Å². The van der Waals surface area contributed by atoms with E-state index in [9.17, 15) is 4.39 Å². The van der Waals surface area contributed by atoms with Crippen molar-refractivity contribution in [2.24, 2.45) is 0 Å². The van der Waals surface area contributed by atoms with Gasteiger partial charge in [-0.1, -0.05) is 6.92 Å². The Bertz CT molecular complexity index is 464. The maximum Gasteiger partial charge on any atom is 0.146 e. The molecular weight excluding hydrogens is 219 g/mol. The van der Waals surface area contributed by atoms with E-state index in [0.717, 1.165) is 24.5 Å². The molecule has 5 heteroatoms. The van der Waals surface area contributed by atoms with Gasteiger partial charge in [0.15, 0.2) is 0 Å². The van der Waals surface area contributed by atoms with Crippen LogP contribution in [0.2, 0.25) is 0 Å². The summed E-state index contributed by atoms with van der Waals surface area (Å²) in [5, 5.41) is 7.32. The lowest BCUT2D eigenvalue weighted by molar-refractivity contribution is 0.574. The van der Waals surface area contributed by atoms with Crippen molar-refractivity contribution in [1.29, 1.82) is 0 Å². The first kappa shape index (κ1) is 11.6. The van der Waals surface area contributed by atoms with Crippen LogP contribution in [-0.2, 0) is 13.1 Å². The summed E-state index contributed by atoms with van der Waals surface area (Å²) >= 11 is 0. The molecule has 0 aliphatic carbocycles. The van der Waals surface area contributed by atoms with Crippen LogP contribution in [0.1, 0.15) is 19.2 Å². The minimum absolute atomic E-state index is 0.232. The minimum atomic E-state index is -0.232. The Morgan fingerprint density at radius 1 is 1.29 bits per heavy atom. The van der Waals surface area contributed by atoms with Crippen molar-refractivity contribution >= 4 is 5.69 Å². The van der Waals surface area contributed by atoms with Crippen LogP contribution in [-0.4, -0.2) is 14.8 Å². The van der Waals surface area contributed by atoms with Crippen LogP contribution in [0.15, 0.2) is 30.6 Å². The summed E-state index contributed by atoms with van der Waals surface area (Å²) in [6.45, 7) is 3.55. The SMILES string of the molecule is CCCn1ncnc1CNc1ccc(F)cc1. The standard InChI is InChI=1S/C12H15FN4/c1-2-7-17-12(15-9-16-17)8-14-11-5-3-10(13)4-6-11/h3-6,9,14H,2,7-8H2,1H3. The van der Waals surface area contributed by atoms with Gasteiger partial charge < -0.3 is 5.32 Å². The van der Waals surface area contributed by atoms with E-state index < -0.39 is 0 Å². The van der Waals surface area contributed by atoms with E-state index in [1.165, 1.54) is 12.1 Å². The van der Waals surface area contributed by atoms with Gasteiger partial charge in [-0.05, 0) is 30.7 Å². The van der Waals surface area contributed by atoms with Gasteiger partial charge in [-0.3, -0.25) is 0 Å². The molecule has 0 saturated carbocycles. The second-order valence-corrected chi connectivity index (χ2v) is 3.76. The lowest BCUT2D eigenvalue weighted by atomic mass is 10.3. The third-order valence-corrected chi connectivity index (χ3v) is 2.43. The van der Waals surface area contributed by atoms with Crippen LogP contribution >= 0.6 is 0 Å². The highest BCUT2D eigenvalue weighted by molar-refractivity contribution is 5.42. The third-order valence-electron chi connectivity index (χ3n) is 2.43. The van der Waals surface area contributed by atoms with Crippen LogP contribution in [0.5, 0.6) is 0 Å². The van der Waals surface area contributed by atoms with E-state index >= 15 is 0 Å². The number of aryl methyl sites for hydroxylation is 1. The molecule has 0 aliphatic rings. The van der Waals surface area contributed by atoms with Gasteiger partial charge in [0.1, 0.15) is 18.0 Å². The number of hydrogen-bond acceptors (Lipinski definition) is 3. The minimum Gasteiger partial charge on any atom is -0.378 e. The Morgan fingerprint density at radius 3 is 2.76 bits per heavy atom. The molecule has 90 valence electrons. The largest absolute Gasteiger partial charge is 0.378 e. The summed E-state index contributed by atoms with van der Waals surface area (Å²) in [5.74, 6) is 0.654. The third kappa shape index (κ3) is 3.03. The predicted molar refractivity (Wildman–Crippen MR) is 64.0 cm³/mol. The molecule has 0 bridgehead atoms. The van der Waals surface area contributed by atoms with E-state index in [-0.39, 0.29) is 5.82 Å². The van der Waals surface area contributed by atoms with Gasteiger partial charge in [0.05, 0.1) is 6.54 Å². The molecule has 2 rings (SSSR count). The Kier molecular flexibility index (Phi) is 3.69. The van der Waals surface area contributed by atoms with E-state index in [1.54, 1.807) is 18.5 Å². The zero-order chi connectivity index (χ0) is 12.1. The maximum absolute atomic E-state index is 12.7. The highest BCUT2D eigenvalue weighted by atomic mass is 19.1. The Morgan fingerprint density at radius 2 is 2.06 bits per heavy atom. The van der Waals surface area contributed by atoms with Crippen LogP contribution in [0.25, 0.3) is 0 Å². The quantitative estimate of drug-likeness (QED) is 0.864. The summed E-state index contributed by atoms with van der Waals surface area (Å²) in [6, 6.07) is 6.27. The summed E-state index contributed by atoms with van der Waals surface area (Å²) in [5.41, 5.74) is 0.873. The zero-order valence-electron chi connectivity index (χ0n) is 9.73. The number of rotatable bonds is 5. The number of nitrogens with one attached hydrogen (secondary N) is 1. The average molecular weight is 234 g/mol. The maximum atomic E-state index is 12.7. The fourth-order valence-corrected chi connectivity index (χ4v) is 1.57. The topological polar surface area (TPSA) is 42.7 Å².